The molecule has 0 spiro atoms. The van der Waals surface area contributed by atoms with Gasteiger partial charge in [0.2, 0.25) is 10.0 Å². The molecule has 1 aliphatic heterocycles. The van der Waals surface area contributed by atoms with Gasteiger partial charge in [-0.25, -0.2) is 8.42 Å². The molecule has 0 radical (unpaired) electrons. The lowest BCUT2D eigenvalue weighted by atomic mass is 9.99. The maximum Gasteiger partial charge on any atom is 0.243 e. The van der Waals surface area contributed by atoms with Crippen molar-refractivity contribution in [3.63, 3.8) is 0 Å². The fourth-order valence-corrected chi connectivity index (χ4v) is 4.60. The van der Waals surface area contributed by atoms with Crippen LogP contribution in [-0.2, 0) is 10.0 Å². The number of sulfonamides is 1. The van der Waals surface area contributed by atoms with Gasteiger partial charge >= 0.3 is 0 Å². The summed E-state index contributed by atoms with van der Waals surface area (Å²) in [4.78, 5) is 0.339. The number of benzene rings is 1. The number of aryl methyl sites for hydroxylation is 1. The molecule has 6 heteroatoms. The number of rotatable bonds is 3. The molecule has 0 atom stereocenters. The molecule has 1 aromatic carbocycles. The van der Waals surface area contributed by atoms with E-state index < -0.39 is 14.8 Å². The number of piperidine rings is 1. The van der Waals surface area contributed by atoms with Crippen molar-refractivity contribution in [1.82, 2.24) is 4.31 Å². The van der Waals surface area contributed by atoms with Crippen LogP contribution in [0.3, 0.4) is 0 Å². The molecule has 0 N–H and O–H groups in total. The summed E-state index contributed by atoms with van der Waals surface area (Å²) < 4.78 is 26.2. The fraction of sp³-hybridized carbons (Fsp3) is 0.500. The molecular formula is C14H18N2O2S2. The Morgan fingerprint density at radius 3 is 2.50 bits per heavy atom. The zero-order valence-corrected chi connectivity index (χ0v) is 13.3. The largest absolute Gasteiger partial charge is 0.243 e. The summed E-state index contributed by atoms with van der Waals surface area (Å²) in [5.41, 5.74) is 0.929. The van der Waals surface area contributed by atoms with Crippen molar-refractivity contribution in [3.05, 3.63) is 29.8 Å². The highest BCUT2D eigenvalue weighted by atomic mass is 32.2. The highest BCUT2D eigenvalue weighted by molar-refractivity contribution is 8.00. The van der Waals surface area contributed by atoms with E-state index >= 15 is 0 Å². The third-order valence-corrected chi connectivity index (χ3v) is 6.93. The summed E-state index contributed by atoms with van der Waals surface area (Å²) in [5.74, 6) is 0. The average molecular weight is 310 g/mol. The molecule has 20 heavy (non-hydrogen) atoms. The van der Waals surface area contributed by atoms with Gasteiger partial charge in [0.1, 0.15) is 4.75 Å². The zero-order chi connectivity index (χ0) is 14.8. The van der Waals surface area contributed by atoms with Crippen molar-refractivity contribution in [3.8, 4) is 6.07 Å². The molecule has 108 valence electrons. The van der Waals surface area contributed by atoms with E-state index in [2.05, 4.69) is 6.07 Å². The van der Waals surface area contributed by atoms with Crippen LogP contribution in [0.1, 0.15) is 18.4 Å². The first kappa shape index (κ1) is 15.4. The first-order valence-electron chi connectivity index (χ1n) is 6.47. The van der Waals surface area contributed by atoms with E-state index in [0.717, 1.165) is 5.56 Å². The predicted octanol–water partition coefficient (Wildman–Crippen LogP) is 2.40. The maximum atomic E-state index is 12.6. The van der Waals surface area contributed by atoms with Gasteiger partial charge in [-0.05, 0) is 43.7 Å². The van der Waals surface area contributed by atoms with Crippen LogP contribution in [0.4, 0.5) is 0 Å². The Labute approximate surface area is 124 Å². The quantitative estimate of drug-likeness (QED) is 0.860. The van der Waals surface area contributed by atoms with Crippen LogP contribution in [0.2, 0.25) is 0 Å². The van der Waals surface area contributed by atoms with Gasteiger partial charge in [0.15, 0.2) is 0 Å². The summed E-state index contributed by atoms with van der Waals surface area (Å²) >= 11 is 1.52. The Kier molecular flexibility index (Phi) is 4.43. The minimum atomic E-state index is -3.44. The van der Waals surface area contributed by atoms with E-state index in [-0.39, 0.29) is 0 Å². The van der Waals surface area contributed by atoms with Crippen LogP contribution in [0.15, 0.2) is 29.2 Å². The molecule has 0 aromatic heterocycles. The lowest BCUT2D eigenvalue weighted by molar-refractivity contribution is 0.327. The highest BCUT2D eigenvalue weighted by Gasteiger charge is 2.38. The first-order chi connectivity index (χ1) is 9.43. The number of thioether (sulfide) groups is 1. The van der Waals surface area contributed by atoms with Crippen molar-refractivity contribution in [2.75, 3.05) is 19.3 Å². The fourth-order valence-electron chi connectivity index (χ4n) is 2.37. The molecular weight excluding hydrogens is 292 g/mol. The molecule has 0 bridgehead atoms. The second-order valence-corrected chi connectivity index (χ2v) is 8.16. The van der Waals surface area contributed by atoms with Gasteiger partial charge in [-0.3, -0.25) is 0 Å². The molecule has 0 saturated carbocycles. The minimum Gasteiger partial charge on any atom is -0.207 e. The number of nitrogens with zero attached hydrogens (tertiary/aromatic N) is 2. The zero-order valence-electron chi connectivity index (χ0n) is 11.7. The van der Waals surface area contributed by atoms with Gasteiger partial charge in [-0.15, -0.1) is 11.8 Å². The smallest absolute Gasteiger partial charge is 0.207 e. The first-order valence-corrected chi connectivity index (χ1v) is 9.13. The maximum absolute atomic E-state index is 12.6. The third kappa shape index (κ3) is 2.85. The van der Waals surface area contributed by atoms with Crippen molar-refractivity contribution < 1.29 is 8.42 Å². The molecule has 1 aliphatic rings. The van der Waals surface area contributed by atoms with Gasteiger partial charge in [0, 0.05) is 13.1 Å². The van der Waals surface area contributed by atoms with E-state index in [1.165, 1.54) is 16.1 Å². The molecule has 0 aliphatic carbocycles. The second kappa shape index (κ2) is 5.76. The Morgan fingerprint density at radius 1 is 1.35 bits per heavy atom. The summed E-state index contributed by atoms with van der Waals surface area (Å²) in [5, 5.41) is 9.25. The predicted molar refractivity (Wildman–Crippen MR) is 81.0 cm³/mol. The van der Waals surface area contributed by atoms with Gasteiger partial charge in [0.05, 0.1) is 11.0 Å². The minimum absolute atomic E-state index is 0.339. The molecule has 1 fully saturated rings. The van der Waals surface area contributed by atoms with Crippen LogP contribution in [0.5, 0.6) is 0 Å². The van der Waals surface area contributed by atoms with Crippen molar-refractivity contribution in [2.24, 2.45) is 0 Å². The standard InChI is InChI=1S/C14H18N2O2S2/c1-12-4-3-5-13(10-12)20(17,18)16-8-6-14(11-15,19-2)7-9-16/h3-5,10H,6-9H2,1-2H3. The summed E-state index contributed by atoms with van der Waals surface area (Å²) in [6.45, 7) is 2.69. The summed E-state index contributed by atoms with van der Waals surface area (Å²) in [6.07, 6.45) is 3.07. The van der Waals surface area contributed by atoms with Crippen LogP contribution in [0, 0.1) is 18.3 Å². The second-order valence-electron chi connectivity index (χ2n) is 5.03. The Balaban J connectivity index is 2.20. The van der Waals surface area contributed by atoms with Crippen LogP contribution >= 0.6 is 11.8 Å². The van der Waals surface area contributed by atoms with E-state index in [1.54, 1.807) is 18.2 Å². The third-order valence-electron chi connectivity index (χ3n) is 3.75. The molecule has 1 heterocycles. The SMILES string of the molecule is CSC1(C#N)CCN(S(=O)(=O)c2cccc(C)c2)CC1. The van der Waals surface area contributed by atoms with E-state index in [1.807, 2.05) is 19.2 Å². The van der Waals surface area contributed by atoms with Gasteiger partial charge in [-0.1, -0.05) is 12.1 Å². The van der Waals surface area contributed by atoms with Gasteiger partial charge in [-0.2, -0.15) is 9.57 Å². The number of nitriles is 1. The van der Waals surface area contributed by atoms with Gasteiger partial charge in [0.25, 0.3) is 0 Å². The Bertz CT molecular complexity index is 627. The van der Waals surface area contributed by atoms with E-state index in [9.17, 15) is 13.7 Å². The molecule has 0 amide bonds. The average Bonchev–Trinajstić information content (AvgIpc) is 2.47. The van der Waals surface area contributed by atoms with E-state index in [0.29, 0.717) is 30.8 Å². The lowest BCUT2D eigenvalue weighted by Crippen LogP contribution is -2.44. The van der Waals surface area contributed by atoms with Crippen molar-refractivity contribution in [1.29, 1.82) is 5.26 Å². The highest BCUT2D eigenvalue weighted by Crippen LogP contribution is 2.35. The molecule has 1 saturated heterocycles. The molecule has 1 aromatic rings. The van der Waals surface area contributed by atoms with Crippen LogP contribution in [-0.4, -0.2) is 36.8 Å². The van der Waals surface area contributed by atoms with Gasteiger partial charge < -0.3 is 0 Å². The number of hydrogen-bond acceptors (Lipinski definition) is 4. The lowest BCUT2D eigenvalue weighted by Gasteiger charge is -2.35. The molecule has 4 nitrogen and oxygen atoms in total. The van der Waals surface area contributed by atoms with Crippen LogP contribution in [0.25, 0.3) is 0 Å². The summed E-state index contributed by atoms with van der Waals surface area (Å²) in [6, 6.07) is 9.28. The van der Waals surface area contributed by atoms with Crippen molar-refractivity contribution in [2.45, 2.75) is 29.4 Å². The molecule has 0 unspecified atom stereocenters. The Morgan fingerprint density at radius 2 is 2.00 bits per heavy atom. The number of hydrogen-bond donors (Lipinski definition) is 0. The van der Waals surface area contributed by atoms with E-state index in [4.69, 9.17) is 0 Å². The molecule has 2 rings (SSSR count). The monoisotopic (exact) mass is 310 g/mol. The van der Waals surface area contributed by atoms with Crippen molar-refractivity contribution >= 4 is 21.8 Å². The topological polar surface area (TPSA) is 61.2 Å². The van der Waals surface area contributed by atoms with Crippen LogP contribution < -0.4 is 0 Å². The Hall–Kier alpha value is -1.03. The summed E-state index contributed by atoms with van der Waals surface area (Å²) in [7, 11) is -3.44. The normalized spacial score (nSPS) is 19.4.